The molecule has 0 spiro atoms. The predicted octanol–water partition coefficient (Wildman–Crippen LogP) is 1.89. The summed E-state index contributed by atoms with van der Waals surface area (Å²) in [5, 5.41) is 5.34. The number of hydrogen-bond donors (Lipinski definition) is 2. The van der Waals surface area contributed by atoms with E-state index in [9.17, 15) is 9.00 Å². The van der Waals surface area contributed by atoms with Crippen LogP contribution >= 0.6 is 0 Å². The zero-order valence-electron chi connectivity index (χ0n) is 11.6. The lowest BCUT2D eigenvalue weighted by atomic mass is 10.2. The fourth-order valence-corrected chi connectivity index (χ4v) is 2.56. The van der Waals surface area contributed by atoms with Gasteiger partial charge >= 0.3 is 6.03 Å². The molecule has 0 heterocycles. The number of benzene rings is 1. The Kier molecular flexibility index (Phi) is 7.60. The second kappa shape index (κ2) is 9.28. The minimum atomic E-state index is -0.963. The molecule has 2 amide bonds. The Bertz CT molecular complexity index is 477. The molecule has 0 saturated carbocycles. The molecule has 0 aliphatic carbocycles. The van der Waals surface area contributed by atoms with Crippen LogP contribution < -0.4 is 10.6 Å². The van der Waals surface area contributed by atoms with Crippen molar-refractivity contribution in [3.8, 4) is 0 Å². The van der Waals surface area contributed by atoms with E-state index in [0.717, 1.165) is 5.56 Å². The van der Waals surface area contributed by atoms with Gasteiger partial charge in [-0.15, -0.1) is 6.58 Å². The highest BCUT2D eigenvalue weighted by Crippen LogP contribution is 2.12. The van der Waals surface area contributed by atoms with E-state index in [0.29, 0.717) is 30.3 Å². The lowest BCUT2D eigenvalue weighted by Crippen LogP contribution is -2.28. The molecule has 0 saturated heterocycles. The van der Waals surface area contributed by atoms with E-state index in [1.807, 2.05) is 18.2 Å². The van der Waals surface area contributed by atoms with Crippen molar-refractivity contribution in [1.82, 2.24) is 5.32 Å². The summed E-state index contributed by atoms with van der Waals surface area (Å²) in [6.07, 6.45) is 1.61. The molecule has 0 unspecified atom stereocenters. The normalized spacial score (nSPS) is 11.7. The Balaban J connectivity index is 2.54. The summed E-state index contributed by atoms with van der Waals surface area (Å²) in [6.45, 7) is 4.41. The van der Waals surface area contributed by atoms with Gasteiger partial charge in [0.1, 0.15) is 0 Å². The van der Waals surface area contributed by atoms with Gasteiger partial charge in [-0.2, -0.15) is 0 Å². The third-order valence-electron chi connectivity index (χ3n) is 2.43. The summed E-state index contributed by atoms with van der Waals surface area (Å²) in [5.41, 5.74) is 1.59. The summed E-state index contributed by atoms with van der Waals surface area (Å²) in [6, 6.07) is 7.03. The number of methoxy groups -OCH3 is 1. The summed E-state index contributed by atoms with van der Waals surface area (Å²) in [5.74, 6) is 0.959. The van der Waals surface area contributed by atoms with E-state index >= 15 is 0 Å². The first-order valence-electron chi connectivity index (χ1n) is 6.24. The topological polar surface area (TPSA) is 67.4 Å². The van der Waals surface area contributed by atoms with Crippen molar-refractivity contribution >= 4 is 22.5 Å². The lowest BCUT2D eigenvalue weighted by molar-refractivity contribution is 0.218. The van der Waals surface area contributed by atoms with Crippen LogP contribution in [-0.4, -0.2) is 36.3 Å². The van der Waals surface area contributed by atoms with Gasteiger partial charge in [0.2, 0.25) is 0 Å². The molecule has 1 atom stereocenters. The number of urea groups is 1. The molecule has 0 radical (unpaired) electrons. The molecule has 0 bridgehead atoms. The van der Waals surface area contributed by atoms with Crippen LogP contribution in [0.4, 0.5) is 10.5 Å². The number of hydrogen-bond acceptors (Lipinski definition) is 3. The van der Waals surface area contributed by atoms with Crippen molar-refractivity contribution in [2.45, 2.75) is 5.75 Å². The average molecular weight is 296 g/mol. The summed E-state index contributed by atoms with van der Waals surface area (Å²) in [4.78, 5) is 11.5. The molecule has 6 heteroatoms. The molecular formula is C14H20N2O3S. The fourth-order valence-electron chi connectivity index (χ4n) is 1.51. The number of nitrogens with one attached hydrogen (secondary N) is 2. The summed E-state index contributed by atoms with van der Waals surface area (Å²) < 4.78 is 16.7. The molecule has 1 aromatic rings. The number of amides is 2. The minimum Gasteiger partial charge on any atom is -0.384 e. The Morgan fingerprint density at radius 3 is 3.00 bits per heavy atom. The molecule has 0 aromatic heterocycles. The number of anilines is 1. The van der Waals surface area contributed by atoms with Crippen LogP contribution in [0.15, 0.2) is 36.9 Å². The van der Waals surface area contributed by atoms with Gasteiger partial charge in [-0.05, 0) is 17.7 Å². The highest BCUT2D eigenvalue weighted by Gasteiger charge is 2.04. The van der Waals surface area contributed by atoms with Crippen LogP contribution in [-0.2, 0) is 21.3 Å². The first kappa shape index (κ1) is 16.4. The van der Waals surface area contributed by atoms with Crippen LogP contribution in [0, 0.1) is 0 Å². The highest BCUT2D eigenvalue weighted by molar-refractivity contribution is 7.84. The summed E-state index contributed by atoms with van der Waals surface area (Å²) >= 11 is 0. The third-order valence-corrected chi connectivity index (χ3v) is 3.71. The molecular weight excluding hydrogens is 276 g/mol. The van der Waals surface area contributed by atoms with E-state index in [1.165, 1.54) is 0 Å². The van der Waals surface area contributed by atoms with Gasteiger partial charge < -0.3 is 15.4 Å². The highest BCUT2D eigenvalue weighted by atomic mass is 32.2. The maximum atomic E-state index is 11.8. The fraction of sp³-hybridized carbons (Fsp3) is 0.357. The quantitative estimate of drug-likeness (QED) is 0.720. The van der Waals surface area contributed by atoms with E-state index < -0.39 is 10.8 Å². The Labute approximate surface area is 121 Å². The number of ether oxygens (including phenoxy) is 1. The van der Waals surface area contributed by atoms with Gasteiger partial charge in [-0.25, -0.2) is 4.79 Å². The zero-order valence-corrected chi connectivity index (χ0v) is 12.4. The van der Waals surface area contributed by atoms with Crippen LogP contribution in [0.1, 0.15) is 5.56 Å². The van der Waals surface area contributed by atoms with Gasteiger partial charge in [-0.1, -0.05) is 18.2 Å². The number of rotatable bonds is 8. The van der Waals surface area contributed by atoms with E-state index in [2.05, 4.69) is 17.2 Å². The molecule has 20 heavy (non-hydrogen) atoms. The number of carbonyl (C=O) groups excluding carboxylic acids is 1. The molecule has 1 aromatic carbocycles. The molecule has 0 aliphatic rings. The first-order valence-corrected chi connectivity index (χ1v) is 7.73. The van der Waals surface area contributed by atoms with Crippen molar-refractivity contribution in [3.05, 3.63) is 42.5 Å². The maximum absolute atomic E-state index is 11.8. The Morgan fingerprint density at radius 2 is 2.30 bits per heavy atom. The predicted molar refractivity (Wildman–Crippen MR) is 82.2 cm³/mol. The molecule has 0 fully saturated rings. The summed E-state index contributed by atoms with van der Waals surface area (Å²) in [7, 11) is 0.624. The number of carbonyl (C=O) groups is 1. The monoisotopic (exact) mass is 296 g/mol. The van der Waals surface area contributed by atoms with Crippen LogP contribution in [0.3, 0.4) is 0 Å². The van der Waals surface area contributed by atoms with Gasteiger partial charge in [-0.3, -0.25) is 4.21 Å². The molecule has 5 nitrogen and oxygen atoms in total. The van der Waals surface area contributed by atoms with Gasteiger partial charge in [0, 0.05) is 41.6 Å². The van der Waals surface area contributed by atoms with Crippen molar-refractivity contribution in [2.75, 3.05) is 31.3 Å². The smallest absolute Gasteiger partial charge is 0.319 e. The Morgan fingerprint density at radius 1 is 1.50 bits per heavy atom. The van der Waals surface area contributed by atoms with Crippen LogP contribution in [0.2, 0.25) is 0 Å². The van der Waals surface area contributed by atoms with Crippen molar-refractivity contribution in [1.29, 1.82) is 0 Å². The molecule has 110 valence electrons. The second-order valence-corrected chi connectivity index (χ2v) is 5.68. The maximum Gasteiger partial charge on any atom is 0.319 e. The molecule has 2 N–H and O–H groups in total. The van der Waals surface area contributed by atoms with Crippen LogP contribution in [0.5, 0.6) is 0 Å². The van der Waals surface area contributed by atoms with Crippen molar-refractivity contribution < 1.29 is 13.7 Å². The largest absolute Gasteiger partial charge is 0.384 e. The van der Waals surface area contributed by atoms with E-state index in [1.54, 1.807) is 19.3 Å². The van der Waals surface area contributed by atoms with Crippen molar-refractivity contribution in [3.63, 3.8) is 0 Å². The lowest BCUT2D eigenvalue weighted by Gasteiger charge is -2.08. The van der Waals surface area contributed by atoms with Gasteiger partial charge in [0.25, 0.3) is 0 Å². The zero-order chi connectivity index (χ0) is 14.8. The Hall–Kier alpha value is -1.66. The van der Waals surface area contributed by atoms with Crippen molar-refractivity contribution in [2.24, 2.45) is 0 Å². The molecule has 0 aliphatic heterocycles. The third kappa shape index (κ3) is 6.49. The SMILES string of the molecule is C=CCNC(=O)Nc1cccc(C[S@](=O)CCOC)c1. The van der Waals surface area contributed by atoms with E-state index in [4.69, 9.17) is 4.74 Å². The first-order chi connectivity index (χ1) is 9.65. The van der Waals surface area contributed by atoms with Gasteiger partial charge in [0.05, 0.1) is 6.61 Å². The minimum absolute atomic E-state index is 0.289. The molecule has 1 rings (SSSR count). The average Bonchev–Trinajstić information content (AvgIpc) is 2.43. The second-order valence-electron chi connectivity index (χ2n) is 4.11. The van der Waals surface area contributed by atoms with Crippen LogP contribution in [0.25, 0.3) is 0 Å². The standard InChI is InChI=1S/C14H20N2O3S/c1-3-7-15-14(17)16-13-6-4-5-12(10-13)11-20(18)9-8-19-2/h3-6,10H,1,7-9,11H2,2H3,(H2,15,16,17)/t20-/m1/s1. The van der Waals surface area contributed by atoms with Gasteiger partial charge in [0.15, 0.2) is 0 Å². The van der Waals surface area contributed by atoms with E-state index in [-0.39, 0.29) is 6.03 Å².